The van der Waals surface area contributed by atoms with Gasteiger partial charge < -0.3 is 0 Å². The van der Waals surface area contributed by atoms with Gasteiger partial charge in [-0.05, 0) is 24.3 Å². The van der Waals surface area contributed by atoms with Crippen LogP contribution in [0.1, 0.15) is 26.7 Å². The molecule has 0 spiro atoms. The zero-order valence-electron chi connectivity index (χ0n) is 7.29. The van der Waals surface area contributed by atoms with Crippen LogP contribution < -0.4 is 0 Å². The molecule has 2 atom stereocenters. The molecular weight excluding hydrogens is 192 g/mol. The van der Waals surface area contributed by atoms with Crippen molar-refractivity contribution in [2.75, 3.05) is 11.5 Å². The summed E-state index contributed by atoms with van der Waals surface area (Å²) in [6.45, 7) is 4.55. The second-order valence-corrected chi connectivity index (χ2v) is 5.56. The molecule has 0 aromatic carbocycles. The van der Waals surface area contributed by atoms with Gasteiger partial charge in [-0.1, -0.05) is 13.8 Å². The Morgan fingerprint density at radius 2 is 1.36 bits per heavy atom. The van der Waals surface area contributed by atoms with Crippen LogP contribution in [0.2, 0.25) is 0 Å². The summed E-state index contributed by atoms with van der Waals surface area (Å²) >= 11 is 10.5. The first kappa shape index (κ1) is 12.0. The summed E-state index contributed by atoms with van der Waals surface area (Å²) in [7, 11) is 0. The molecular formula is C8H18S3. The fourth-order valence-corrected chi connectivity index (χ4v) is 3.32. The third kappa shape index (κ3) is 7.41. The largest absolute Gasteiger partial charge is 0.179 e. The highest BCUT2D eigenvalue weighted by atomic mass is 32.2. The van der Waals surface area contributed by atoms with Crippen molar-refractivity contribution in [3.8, 4) is 0 Å². The third-order valence-corrected chi connectivity index (χ3v) is 3.45. The fraction of sp³-hybridized carbons (Fsp3) is 1.00. The van der Waals surface area contributed by atoms with Crippen LogP contribution in [0.4, 0.5) is 0 Å². The molecule has 11 heavy (non-hydrogen) atoms. The van der Waals surface area contributed by atoms with E-state index in [4.69, 9.17) is 0 Å². The zero-order valence-corrected chi connectivity index (χ0v) is 9.89. The fourth-order valence-electron chi connectivity index (χ4n) is 0.896. The van der Waals surface area contributed by atoms with Crippen molar-refractivity contribution in [1.82, 2.24) is 0 Å². The number of hydrogen-bond acceptors (Lipinski definition) is 3. The van der Waals surface area contributed by atoms with E-state index in [9.17, 15) is 0 Å². The smallest absolute Gasteiger partial charge is 0.00291 e. The average molecular weight is 210 g/mol. The van der Waals surface area contributed by atoms with E-state index < -0.39 is 0 Å². The van der Waals surface area contributed by atoms with Gasteiger partial charge in [0.1, 0.15) is 0 Å². The molecule has 0 aromatic rings. The maximum atomic E-state index is 4.21. The molecule has 3 heteroatoms. The topological polar surface area (TPSA) is 0 Å². The van der Waals surface area contributed by atoms with Gasteiger partial charge in [-0.3, -0.25) is 0 Å². The standard InChI is InChI=1S/C8H18S3/c1-7(3-5-9)11-8(2)4-6-10/h7-10H,3-6H2,1-2H3. The van der Waals surface area contributed by atoms with Gasteiger partial charge in [-0.2, -0.15) is 37.0 Å². The molecule has 0 aliphatic carbocycles. The van der Waals surface area contributed by atoms with Crippen molar-refractivity contribution >= 4 is 37.0 Å². The first-order chi connectivity index (χ1) is 5.20. The molecule has 0 fully saturated rings. The highest BCUT2D eigenvalue weighted by Crippen LogP contribution is 2.22. The Hall–Kier alpha value is 1.05. The molecule has 0 amide bonds. The minimum absolute atomic E-state index is 0.752. The molecule has 2 unspecified atom stereocenters. The normalized spacial score (nSPS) is 16.4. The van der Waals surface area contributed by atoms with Crippen LogP contribution in [0, 0.1) is 0 Å². The van der Waals surface area contributed by atoms with E-state index >= 15 is 0 Å². The van der Waals surface area contributed by atoms with Gasteiger partial charge in [0, 0.05) is 10.5 Å². The van der Waals surface area contributed by atoms with Gasteiger partial charge in [0.2, 0.25) is 0 Å². The predicted octanol–water partition coefficient (Wildman–Crippen LogP) is 3.14. The number of thioether (sulfide) groups is 1. The van der Waals surface area contributed by atoms with Crippen molar-refractivity contribution in [3.05, 3.63) is 0 Å². The number of thiol groups is 2. The van der Waals surface area contributed by atoms with E-state index in [0.717, 1.165) is 22.0 Å². The minimum atomic E-state index is 0.752. The second kappa shape index (κ2) is 7.69. The van der Waals surface area contributed by atoms with Crippen LogP contribution in [0.3, 0.4) is 0 Å². The van der Waals surface area contributed by atoms with Crippen molar-refractivity contribution < 1.29 is 0 Å². The van der Waals surface area contributed by atoms with Crippen LogP contribution in [0.5, 0.6) is 0 Å². The summed E-state index contributed by atoms with van der Waals surface area (Å²) in [6.07, 6.45) is 2.43. The van der Waals surface area contributed by atoms with Gasteiger partial charge in [0.15, 0.2) is 0 Å². The molecule has 0 aromatic heterocycles. The molecule has 0 aliphatic rings. The van der Waals surface area contributed by atoms with Gasteiger partial charge >= 0.3 is 0 Å². The second-order valence-electron chi connectivity index (χ2n) is 2.78. The summed E-state index contributed by atoms with van der Waals surface area (Å²) < 4.78 is 0. The van der Waals surface area contributed by atoms with Crippen LogP contribution >= 0.6 is 37.0 Å². The molecule has 0 saturated heterocycles. The molecule has 0 saturated carbocycles. The van der Waals surface area contributed by atoms with E-state index in [1.165, 1.54) is 12.8 Å². The zero-order chi connectivity index (χ0) is 8.69. The van der Waals surface area contributed by atoms with Crippen LogP contribution in [-0.4, -0.2) is 22.0 Å². The van der Waals surface area contributed by atoms with Gasteiger partial charge in [0.05, 0.1) is 0 Å². The predicted molar refractivity (Wildman–Crippen MR) is 63.5 cm³/mol. The Morgan fingerprint density at radius 1 is 1.00 bits per heavy atom. The van der Waals surface area contributed by atoms with Gasteiger partial charge in [-0.25, -0.2) is 0 Å². The Bertz CT molecular complexity index is 75.4. The van der Waals surface area contributed by atoms with Crippen LogP contribution in [0.25, 0.3) is 0 Å². The molecule has 0 nitrogen and oxygen atoms in total. The SMILES string of the molecule is CC(CCS)SC(C)CCS. The molecule has 0 rings (SSSR count). The monoisotopic (exact) mass is 210 g/mol. The highest BCUT2D eigenvalue weighted by Gasteiger charge is 2.06. The van der Waals surface area contributed by atoms with E-state index in [1.807, 2.05) is 0 Å². The first-order valence-electron chi connectivity index (χ1n) is 4.08. The van der Waals surface area contributed by atoms with Crippen molar-refractivity contribution in [3.63, 3.8) is 0 Å². The lowest BCUT2D eigenvalue weighted by molar-refractivity contribution is 0.873. The Kier molecular flexibility index (Phi) is 8.42. The highest BCUT2D eigenvalue weighted by molar-refractivity contribution is 8.00. The molecule has 0 N–H and O–H groups in total. The maximum absolute atomic E-state index is 4.21. The van der Waals surface area contributed by atoms with E-state index in [-0.39, 0.29) is 0 Å². The first-order valence-corrected chi connectivity index (χ1v) is 6.28. The molecule has 0 heterocycles. The Balaban J connectivity index is 3.32. The van der Waals surface area contributed by atoms with Crippen molar-refractivity contribution in [1.29, 1.82) is 0 Å². The summed E-state index contributed by atoms with van der Waals surface area (Å²) in [5.41, 5.74) is 0. The Labute approximate surface area is 85.7 Å². The number of hydrogen-bond donors (Lipinski definition) is 2. The summed E-state index contributed by atoms with van der Waals surface area (Å²) in [5, 5.41) is 1.50. The molecule has 68 valence electrons. The molecule has 0 radical (unpaired) electrons. The summed E-state index contributed by atoms with van der Waals surface area (Å²) in [4.78, 5) is 0. The van der Waals surface area contributed by atoms with E-state index in [2.05, 4.69) is 50.9 Å². The van der Waals surface area contributed by atoms with Crippen molar-refractivity contribution in [2.45, 2.75) is 37.2 Å². The minimum Gasteiger partial charge on any atom is -0.179 e. The van der Waals surface area contributed by atoms with Crippen LogP contribution in [0.15, 0.2) is 0 Å². The quantitative estimate of drug-likeness (QED) is 0.635. The van der Waals surface area contributed by atoms with E-state index in [0.29, 0.717) is 0 Å². The molecule has 0 aliphatic heterocycles. The van der Waals surface area contributed by atoms with E-state index in [1.54, 1.807) is 0 Å². The average Bonchev–Trinajstić information content (AvgIpc) is 1.87. The summed E-state index contributed by atoms with van der Waals surface area (Å²) in [5.74, 6) is 2.00. The Morgan fingerprint density at radius 3 is 1.64 bits per heavy atom. The number of rotatable bonds is 6. The van der Waals surface area contributed by atoms with Gasteiger partial charge in [0.25, 0.3) is 0 Å². The maximum Gasteiger partial charge on any atom is 0.00291 e. The third-order valence-electron chi connectivity index (χ3n) is 1.54. The van der Waals surface area contributed by atoms with Crippen LogP contribution in [-0.2, 0) is 0 Å². The van der Waals surface area contributed by atoms with Crippen molar-refractivity contribution in [2.24, 2.45) is 0 Å². The van der Waals surface area contributed by atoms with Gasteiger partial charge in [-0.15, -0.1) is 0 Å². The molecule has 0 bridgehead atoms. The lowest BCUT2D eigenvalue weighted by Crippen LogP contribution is -2.05. The lowest BCUT2D eigenvalue weighted by Gasteiger charge is -2.15. The summed E-state index contributed by atoms with van der Waals surface area (Å²) in [6, 6.07) is 0. The lowest BCUT2D eigenvalue weighted by atomic mass is 10.4.